The quantitative estimate of drug-likeness (QED) is 0.346. The molecule has 0 saturated heterocycles. The second kappa shape index (κ2) is 9.22. The number of carbonyl (C=O) groups is 1. The number of furan rings is 1. The Kier molecular flexibility index (Phi) is 6.23. The number of thioether (sulfide) groups is 1. The minimum absolute atomic E-state index is 0.311. The molecule has 158 valence electrons. The number of fused-ring (bicyclic) bond motifs is 1. The smallest absolute Gasteiger partial charge is 0.336 e. The van der Waals surface area contributed by atoms with Crippen molar-refractivity contribution in [3.05, 3.63) is 71.7 Å². The highest BCUT2D eigenvalue weighted by atomic mass is 32.2. The van der Waals surface area contributed by atoms with E-state index in [9.17, 15) is 9.90 Å². The molecule has 2 heterocycles. The Morgan fingerprint density at radius 2 is 2.00 bits per heavy atom. The van der Waals surface area contributed by atoms with E-state index in [-0.39, 0.29) is 0 Å². The maximum atomic E-state index is 11.5. The summed E-state index contributed by atoms with van der Waals surface area (Å²) in [5.74, 6) is 1.53. The monoisotopic (exact) mass is 433 g/mol. The summed E-state index contributed by atoms with van der Waals surface area (Å²) in [5, 5.41) is 13.9. The number of anilines is 1. The minimum atomic E-state index is -0.922. The van der Waals surface area contributed by atoms with Crippen molar-refractivity contribution in [1.29, 1.82) is 0 Å². The van der Waals surface area contributed by atoms with Crippen LogP contribution in [0.2, 0.25) is 0 Å². The van der Waals surface area contributed by atoms with Gasteiger partial charge in [0.2, 0.25) is 0 Å². The van der Waals surface area contributed by atoms with Gasteiger partial charge < -0.3 is 14.8 Å². The van der Waals surface area contributed by atoms with Crippen molar-refractivity contribution in [2.45, 2.75) is 25.2 Å². The standard InChI is InChI=1S/C24H23N3O3S/c1-3-31-22-12-16(8-9-19(22)24(28)29)20-13-23(27-14-26-20)25-11-10-17-15(2)30-21-7-5-4-6-18(17)21/h4-9,12-14H,3,10-11H2,1-2H3,(H,28,29)(H,25,26,27). The number of hydrogen-bond donors (Lipinski definition) is 2. The van der Waals surface area contributed by atoms with Crippen LogP contribution >= 0.6 is 11.8 Å². The van der Waals surface area contributed by atoms with Crippen LogP contribution in [0.3, 0.4) is 0 Å². The minimum Gasteiger partial charge on any atom is -0.478 e. The SMILES string of the molecule is CCSc1cc(-c2cc(NCCc3c(C)oc4ccccc34)ncn2)ccc1C(=O)O. The number of benzene rings is 2. The Morgan fingerprint density at radius 3 is 2.81 bits per heavy atom. The number of rotatable bonds is 8. The molecule has 0 radical (unpaired) electrons. The molecule has 4 aromatic rings. The van der Waals surface area contributed by atoms with E-state index in [0.29, 0.717) is 12.1 Å². The van der Waals surface area contributed by atoms with Gasteiger partial charge >= 0.3 is 5.97 Å². The molecular weight excluding hydrogens is 410 g/mol. The number of aryl methyl sites for hydroxylation is 1. The summed E-state index contributed by atoms with van der Waals surface area (Å²) in [6, 6.07) is 15.2. The Labute approximate surface area is 184 Å². The van der Waals surface area contributed by atoms with Crippen LogP contribution in [0.15, 0.2) is 64.2 Å². The predicted octanol–water partition coefficient (Wildman–Crippen LogP) is 5.66. The molecule has 2 aromatic carbocycles. The second-order valence-electron chi connectivity index (χ2n) is 7.05. The molecular formula is C24H23N3O3S. The molecule has 0 amide bonds. The van der Waals surface area contributed by atoms with Gasteiger partial charge in [-0.15, -0.1) is 11.8 Å². The van der Waals surface area contributed by atoms with E-state index in [1.807, 2.05) is 44.2 Å². The first-order chi connectivity index (χ1) is 15.1. The van der Waals surface area contributed by atoms with Crippen LogP contribution in [0, 0.1) is 6.92 Å². The predicted molar refractivity (Wildman–Crippen MR) is 124 cm³/mol. The molecule has 7 heteroatoms. The van der Waals surface area contributed by atoms with Crippen LogP contribution in [0.25, 0.3) is 22.2 Å². The molecule has 0 fully saturated rings. The van der Waals surface area contributed by atoms with Gasteiger partial charge in [-0.25, -0.2) is 14.8 Å². The molecule has 0 bridgehead atoms. The number of nitrogens with one attached hydrogen (secondary N) is 1. The Hall–Kier alpha value is -3.32. The lowest BCUT2D eigenvalue weighted by atomic mass is 10.1. The lowest BCUT2D eigenvalue weighted by Gasteiger charge is -2.10. The van der Waals surface area contributed by atoms with E-state index in [1.165, 1.54) is 23.7 Å². The third-order valence-electron chi connectivity index (χ3n) is 5.06. The molecule has 0 unspecified atom stereocenters. The van der Waals surface area contributed by atoms with E-state index < -0.39 is 5.97 Å². The summed E-state index contributed by atoms with van der Waals surface area (Å²) >= 11 is 1.51. The van der Waals surface area contributed by atoms with Gasteiger partial charge in [0, 0.05) is 34.0 Å². The van der Waals surface area contributed by atoms with Crippen molar-refractivity contribution in [2.75, 3.05) is 17.6 Å². The number of carboxylic acids is 1. The fourth-order valence-corrected chi connectivity index (χ4v) is 4.42. The Balaban J connectivity index is 1.50. The lowest BCUT2D eigenvalue weighted by molar-refractivity contribution is 0.0693. The number of para-hydroxylation sites is 1. The molecule has 0 saturated carbocycles. The molecule has 0 spiro atoms. The van der Waals surface area contributed by atoms with Gasteiger partial charge in [-0.2, -0.15) is 0 Å². The number of aromatic nitrogens is 2. The summed E-state index contributed by atoms with van der Waals surface area (Å²) < 4.78 is 5.84. The highest BCUT2D eigenvalue weighted by Gasteiger charge is 2.13. The third kappa shape index (κ3) is 4.56. The van der Waals surface area contributed by atoms with Crippen LogP contribution in [0.5, 0.6) is 0 Å². The molecule has 0 atom stereocenters. The molecule has 2 aromatic heterocycles. The highest BCUT2D eigenvalue weighted by molar-refractivity contribution is 7.99. The highest BCUT2D eigenvalue weighted by Crippen LogP contribution is 2.29. The summed E-state index contributed by atoms with van der Waals surface area (Å²) in [7, 11) is 0. The number of nitrogens with zero attached hydrogens (tertiary/aromatic N) is 2. The third-order valence-corrected chi connectivity index (χ3v) is 5.99. The largest absolute Gasteiger partial charge is 0.478 e. The van der Waals surface area contributed by atoms with Crippen molar-refractivity contribution >= 4 is 34.5 Å². The summed E-state index contributed by atoms with van der Waals surface area (Å²) in [5.41, 5.74) is 4.03. The summed E-state index contributed by atoms with van der Waals surface area (Å²) in [6.07, 6.45) is 2.33. The van der Waals surface area contributed by atoms with Gasteiger partial charge in [0.15, 0.2) is 0 Å². The van der Waals surface area contributed by atoms with E-state index in [2.05, 4.69) is 21.4 Å². The van der Waals surface area contributed by atoms with Gasteiger partial charge in [-0.3, -0.25) is 0 Å². The van der Waals surface area contributed by atoms with Crippen molar-refractivity contribution in [1.82, 2.24) is 9.97 Å². The summed E-state index contributed by atoms with van der Waals surface area (Å²) in [6.45, 7) is 4.70. The zero-order valence-corrected chi connectivity index (χ0v) is 18.2. The van der Waals surface area contributed by atoms with Gasteiger partial charge in [0.1, 0.15) is 23.5 Å². The van der Waals surface area contributed by atoms with E-state index in [0.717, 1.165) is 50.9 Å². The van der Waals surface area contributed by atoms with Crippen LogP contribution in [-0.2, 0) is 6.42 Å². The van der Waals surface area contributed by atoms with Crippen LogP contribution < -0.4 is 5.32 Å². The lowest BCUT2D eigenvalue weighted by Crippen LogP contribution is -2.07. The first-order valence-electron chi connectivity index (χ1n) is 10.1. The normalized spacial score (nSPS) is 11.0. The second-order valence-corrected chi connectivity index (χ2v) is 8.35. The Morgan fingerprint density at radius 1 is 1.16 bits per heavy atom. The maximum absolute atomic E-state index is 11.5. The average Bonchev–Trinajstić information content (AvgIpc) is 3.09. The van der Waals surface area contributed by atoms with Crippen LogP contribution in [0.4, 0.5) is 5.82 Å². The number of aromatic carboxylic acids is 1. The molecule has 0 aliphatic heterocycles. The molecule has 4 rings (SSSR count). The number of carboxylic acid groups (broad SMARTS) is 1. The van der Waals surface area contributed by atoms with E-state index in [4.69, 9.17) is 4.42 Å². The van der Waals surface area contributed by atoms with Crippen molar-refractivity contribution in [3.8, 4) is 11.3 Å². The summed E-state index contributed by atoms with van der Waals surface area (Å²) in [4.78, 5) is 20.9. The van der Waals surface area contributed by atoms with Crippen LogP contribution in [-0.4, -0.2) is 33.3 Å². The molecule has 2 N–H and O–H groups in total. The first kappa shape index (κ1) is 20.9. The van der Waals surface area contributed by atoms with Crippen molar-refractivity contribution < 1.29 is 14.3 Å². The zero-order chi connectivity index (χ0) is 21.8. The van der Waals surface area contributed by atoms with Crippen molar-refractivity contribution in [2.24, 2.45) is 0 Å². The van der Waals surface area contributed by atoms with Gasteiger partial charge in [-0.1, -0.05) is 31.2 Å². The average molecular weight is 434 g/mol. The zero-order valence-electron chi connectivity index (χ0n) is 17.4. The van der Waals surface area contributed by atoms with Gasteiger partial charge in [0.25, 0.3) is 0 Å². The molecule has 6 nitrogen and oxygen atoms in total. The van der Waals surface area contributed by atoms with Crippen molar-refractivity contribution in [3.63, 3.8) is 0 Å². The van der Waals surface area contributed by atoms with Gasteiger partial charge in [0.05, 0.1) is 11.3 Å². The maximum Gasteiger partial charge on any atom is 0.336 e. The molecule has 0 aliphatic rings. The number of hydrogen-bond acceptors (Lipinski definition) is 6. The van der Waals surface area contributed by atoms with E-state index >= 15 is 0 Å². The van der Waals surface area contributed by atoms with Gasteiger partial charge in [-0.05, 0) is 37.3 Å². The first-order valence-corrected chi connectivity index (χ1v) is 11.1. The van der Waals surface area contributed by atoms with E-state index in [1.54, 1.807) is 12.1 Å². The fraction of sp³-hybridized carbons (Fsp3) is 0.208. The topological polar surface area (TPSA) is 88.3 Å². The van der Waals surface area contributed by atoms with Crippen LogP contribution in [0.1, 0.15) is 28.6 Å². The molecule has 0 aliphatic carbocycles. The molecule has 31 heavy (non-hydrogen) atoms. The Bertz CT molecular complexity index is 1240. The fourth-order valence-electron chi connectivity index (χ4n) is 3.59.